The predicted octanol–water partition coefficient (Wildman–Crippen LogP) is 5.24. The number of carbonyl (C=O) groups is 1. The molecule has 0 fully saturated rings. The van der Waals surface area contributed by atoms with Crippen molar-refractivity contribution < 1.29 is 19.1 Å². The van der Waals surface area contributed by atoms with Crippen LogP contribution in [0, 0.1) is 13.8 Å². The van der Waals surface area contributed by atoms with Crippen molar-refractivity contribution in [3.05, 3.63) is 89.2 Å². The third-order valence-electron chi connectivity index (χ3n) is 5.65. The molecule has 0 saturated heterocycles. The Hall–Kier alpha value is -3.85. The van der Waals surface area contributed by atoms with Gasteiger partial charge in [0.2, 0.25) is 5.89 Å². The SMILES string of the molecule is Cc1nccc(N(S)Cc2cc(OCCc3nc(-c4ccccc4)oc3C)ccc2CCC(=O)O)n1. The van der Waals surface area contributed by atoms with Gasteiger partial charge in [-0.15, -0.1) is 0 Å². The zero-order valence-corrected chi connectivity index (χ0v) is 21.1. The van der Waals surface area contributed by atoms with Gasteiger partial charge in [-0.1, -0.05) is 37.1 Å². The first-order valence-electron chi connectivity index (χ1n) is 11.6. The first kappa shape index (κ1) is 25.2. The summed E-state index contributed by atoms with van der Waals surface area (Å²) in [6, 6.07) is 17.3. The Kier molecular flexibility index (Phi) is 8.22. The van der Waals surface area contributed by atoms with Gasteiger partial charge in [0, 0.05) is 24.6 Å². The fraction of sp³-hybridized carbons (Fsp3) is 0.259. The van der Waals surface area contributed by atoms with E-state index < -0.39 is 5.97 Å². The van der Waals surface area contributed by atoms with E-state index in [0.29, 0.717) is 49.3 Å². The molecule has 0 aliphatic heterocycles. The second-order valence-electron chi connectivity index (χ2n) is 8.33. The van der Waals surface area contributed by atoms with E-state index in [1.165, 1.54) is 0 Å². The normalized spacial score (nSPS) is 10.9. The Balaban J connectivity index is 1.45. The number of ether oxygens (including phenoxy) is 1. The van der Waals surface area contributed by atoms with Crippen molar-refractivity contribution >= 4 is 24.6 Å². The standard InChI is InChI=1S/C27H28N4O4S/c1-18-24(30-27(35-18)21-6-4-3-5-7-21)13-15-34-23-10-8-20(9-11-26(32)33)22(16-23)17-31(36)25-12-14-28-19(2)29-25/h3-8,10,12,14,16,36H,9,11,13,15,17H2,1-2H3,(H,32,33). The van der Waals surface area contributed by atoms with Crippen LogP contribution in [0.5, 0.6) is 5.75 Å². The van der Waals surface area contributed by atoms with E-state index in [2.05, 4.69) is 27.8 Å². The smallest absolute Gasteiger partial charge is 0.303 e. The Morgan fingerprint density at radius 3 is 2.61 bits per heavy atom. The molecular formula is C27H28N4O4S. The van der Waals surface area contributed by atoms with E-state index in [0.717, 1.165) is 28.1 Å². The summed E-state index contributed by atoms with van der Waals surface area (Å²) in [5.74, 6) is 2.53. The number of aliphatic carboxylic acids is 1. The molecule has 8 nitrogen and oxygen atoms in total. The fourth-order valence-electron chi connectivity index (χ4n) is 3.78. The maximum Gasteiger partial charge on any atom is 0.303 e. The van der Waals surface area contributed by atoms with Crippen LogP contribution in [0.4, 0.5) is 5.82 Å². The van der Waals surface area contributed by atoms with Crippen LogP contribution in [0.15, 0.2) is 65.2 Å². The second-order valence-corrected chi connectivity index (χ2v) is 8.81. The summed E-state index contributed by atoms with van der Waals surface area (Å²) in [6.45, 7) is 4.57. The van der Waals surface area contributed by atoms with Crippen LogP contribution in [0.25, 0.3) is 11.5 Å². The molecule has 0 spiro atoms. The molecule has 4 aromatic rings. The molecule has 2 heterocycles. The molecular weight excluding hydrogens is 476 g/mol. The summed E-state index contributed by atoms with van der Waals surface area (Å²) >= 11 is 4.60. The number of carboxylic acids is 1. The van der Waals surface area contributed by atoms with Crippen LogP contribution in [0.1, 0.15) is 34.8 Å². The number of aryl methyl sites for hydroxylation is 3. The summed E-state index contributed by atoms with van der Waals surface area (Å²) in [5, 5.41) is 9.15. The maximum absolute atomic E-state index is 11.1. The Bertz CT molecular complexity index is 1330. The van der Waals surface area contributed by atoms with Gasteiger partial charge >= 0.3 is 5.97 Å². The van der Waals surface area contributed by atoms with Gasteiger partial charge in [-0.25, -0.2) is 15.0 Å². The number of hydrogen-bond donors (Lipinski definition) is 2. The molecule has 0 amide bonds. The predicted molar refractivity (Wildman–Crippen MR) is 140 cm³/mol. The lowest BCUT2D eigenvalue weighted by Crippen LogP contribution is -2.14. The molecule has 2 aromatic carbocycles. The number of benzene rings is 2. The lowest BCUT2D eigenvalue weighted by atomic mass is 10.0. The van der Waals surface area contributed by atoms with Gasteiger partial charge in [-0.05, 0) is 61.7 Å². The molecule has 36 heavy (non-hydrogen) atoms. The Labute approximate surface area is 215 Å². The highest BCUT2D eigenvalue weighted by atomic mass is 32.1. The van der Waals surface area contributed by atoms with Crippen molar-refractivity contribution in [1.29, 1.82) is 0 Å². The lowest BCUT2D eigenvalue weighted by molar-refractivity contribution is -0.136. The average molecular weight is 505 g/mol. The third-order valence-corrected chi connectivity index (χ3v) is 6.00. The zero-order chi connectivity index (χ0) is 25.5. The Morgan fingerprint density at radius 1 is 1.06 bits per heavy atom. The Morgan fingerprint density at radius 2 is 1.86 bits per heavy atom. The van der Waals surface area contributed by atoms with Crippen molar-refractivity contribution in [1.82, 2.24) is 15.0 Å². The van der Waals surface area contributed by atoms with E-state index in [1.807, 2.05) is 62.4 Å². The molecule has 0 aliphatic rings. The number of hydrogen-bond acceptors (Lipinski definition) is 8. The van der Waals surface area contributed by atoms with Gasteiger partial charge in [-0.2, -0.15) is 0 Å². The quantitative estimate of drug-likeness (QED) is 0.268. The summed E-state index contributed by atoms with van der Waals surface area (Å²) in [6.07, 6.45) is 2.73. The topological polar surface area (TPSA) is 102 Å². The number of anilines is 1. The van der Waals surface area contributed by atoms with Crippen molar-refractivity contribution in [3.63, 3.8) is 0 Å². The highest BCUT2D eigenvalue weighted by molar-refractivity contribution is 7.81. The summed E-state index contributed by atoms with van der Waals surface area (Å²) < 4.78 is 13.6. The van der Waals surface area contributed by atoms with Gasteiger partial charge < -0.3 is 14.3 Å². The van der Waals surface area contributed by atoms with E-state index in [1.54, 1.807) is 16.6 Å². The van der Waals surface area contributed by atoms with Crippen molar-refractivity contribution in [2.24, 2.45) is 0 Å². The average Bonchev–Trinajstić information content (AvgIpc) is 3.24. The molecule has 4 rings (SSSR count). The van der Waals surface area contributed by atoms with Crippen molar-refractivity contribution in [3.8, 4) is 17.2 Å². The van der Waals surface area contributed by atoms with E-state index in [9.17, 15) is 4.79 Å². The van der Waals surface area contributed by atoms with Crippen LogP contribution < -0.4 is 9.04 Å². The number of nitrogens with zero attached hydrogens (tertiary/aromatic N) is 4. The van der Waals surface area contributed by atoms with E-state index in [4.69, 9.17) is 14.3 Å². The zero-order valence-electron chi connectivity index (χ0n) is 20.2. The molecule has 1 N–H and O–H groups in total. The van der Waals surface area contributed by atoms with Gasteiger partial charge in [0.1, 0.15) is 23.2 Å². The molecule has 0 atom stereocenters. The highest BCUT2D eigenvalue weighted by Gasteiger charge is 2.14. The lowest BCUT2D eigenvalue weighted by Gasteiger charge is -2.19. The molecule has 2 aromatic heterocycles. The summed E-state index contributed by atoms with van der Waals surface area (Å²) in [7, 11) is 0. The first-order chi connectivity index (χ1) is 17.4. The number of thiol groups is 1. The summed E-state index contributed by atoms with van der Waals surface area (Å²) in [4.78, 5) is 24.3. The maximum atomic E-state index is 11.1. The van der Waals surface area contributed by atoms with Crippen molar-refractivity contribution in [2.75, 3.05) is 10.9 Å². The monoisotopic (exact) mass is 504 g/mol. The van der Waals surface area contributed by atoms with Crippen LogP contribution >= 0.6 is 12.8 Å². The molecule has 0 bridgehead atoms. The fourth-order valence-corrected chi connectivity index (χ4v) is 4.05. The van der Waals surface area contributed by atoms with Crippen LogP contribution in [0.2, 0.25) is 0 Å². The molecule has 0 aliphatic carbocycles. The van der Waals surface area contributed by atoms with Gasteiger partial charge in [-0.3, -0.25) is 9.10 Å². The van der Waals surface area contributed by atoms with E-state index >= 15 is 0 Å². The minimum Gasteiger partial charge on any atom is -0.493 e. The number of carboxylic acid groups (broad SMARTS) is 1. The number of rotatable bonds is 11. The van der Waals surface area contributed by atoms with Crippen molar-refractivity contribution in [2.45, 2.75) is 39.7 Å². The minimum absolute atomic E-state index is 0.0432. The van der Waals surface area contributed by atoms with Gasteiger partial charge in [0.25, 0.3) is 0 Å². The number of oxazole rings is 1. The number of aromatic nitrogens is 3. The van der Waals surface area contributed by atoms with Gasteiger partial charge in [0.15, 0.2) is 0 Å². The van der Waals surface area contributed by atoms with Crippen LogP contribution in [0.3, 0.4) is 0 Å². The minimum atomic E-state index is -0.840. The molecule has 9 heteroatoms. The first-order valence-corrected chi connectivity index (χ1v) is 12.0. The molecule has 186 valence electrons. The molecule has 0 unspecified atom stereocenters. The third kappa shape index (κ3) is 6.63. The summed E-state index contributed by atoms with van der Waals surface area (Å²) in [5.41, 5.74) is 3.63. The molecule has 0 radical (unpaired) electrons. The van der Waals surface area contributed by atoms with E-state index in [-0.39, 0.29) is 6.42 Å². The highest BCUT2D eigenvalue weighted by Crippen LogP contribution is 2.25. The van der Waals surface area contributed by atoms with Crippen LogP contribution in [-0.2, 0) is 24.2 Å². The largest absolute Gasteiger partial charge is 0.493 e. The second kappa shape index (κ2) is 11.7. The van der Waals surface area contributed by atoms with Crippen LogP contribution in [-0.4, -0.2) is 32.6 Å². The molecule has 0 saturated carbocycles. The van der Waals surface area contributed by atoms with Gasteiger partial charge in [0.05, 0.1) is 18.8 Å².